The molecule has 0 spiro atoms. The van der Waals surface area contributed by atoms with Crippen LogP contribution in [0.15, 0.2) is 12.4 Å². The number of likely N-dealkylation sites (N-methyl/N-ethyl adjacent to an activating group) is 1. The molecule has 24 heavy (non-hydrogen) atoms. The van der Waals surface area contributed by atoms with Gasteiger partial charge in [-0.15, -0.1) is 0 Å². The summed E-state index contributed by atoms with van der Waals surface area (Å²) in [6.45, 7) is 8.70. The molecule has 2 aliphatic rings. The summed E-state index contributed by atoms with van der Waals surface area (Å²) in [6.07, 6.45) is 4.05. The number of amides is 1. The third-order valence-electron chi connectivity index (χ3n) is 4.92. The van der Waals surface area contributed by atoms with Crippen LogP contribution >= 0.6 is 0 Å². The molecule has 2 aliphatic heterocycles. The minimum absolute atomic E-state index is 0.136. The number of piperazine rings is 1. The Balaban J connectivity index is 1.53. The van der Waals surface area contributed by atoms with Crippen molar-refractivity contribution < 1.29 is 4.79 Å². The van der Waals surface area contributed by atoms with Gasteiger partial charge in [0, 0.05) is 39.3 Å². The van der Waals surface area contributed by atoms with Crippen LogP contribution in [0.4, 0.5) is 11.6 Å². The van der Waals surface area contributed by atoms with Gasteiger partial charge in [0.1, 0.15) is 18.0 Å². The van der Waals surface area contributed by atoms with Gasteiger partial charge in [0.05, 0.1) is 6.54 Å². The summed E-state index contributed by atoms with van der Waals surface area (Å²) in [4.78, 5) is 26.8. The maximum atomic E-state index is 11.9. The summed E-state index contributed by atoms with van der Waals surface area (Å²) >= 11 is 0. The van der Waals surface area contributed by atoms with E-state index in [0.29, 0.717) is 12.5 Å². The minimum atomic E-state index is 0.136. The fourth-order valence-corrected chi connectivity index (χ4v) is 3.42. The molecule has 0 bridgehead atoms. The second-order valence-electron chi connectivity index (χ2n) is 6.83. The lowest BCUT2D eigenvalue weighted by Gasteiger charge is -2.32. The smallest absolute Gasteiger partial charge is 0.241 e. The normalized spacial score (nSPS) is 22.2. The third kappa shape index (κ3) is 4.14. The number of nitrogens with zero attached hydrogens (tertiary/aromatic N) is 5. The van der Waals surface area contributed by atoms with E-state index >= 15 is 0 Å². The van der Waals surface area contributed by atoms with Crippen molar-refractivity contribution in [2.75, 3.05) is 63.1 Å². The van der Waals surface area contributed by atoms with E-state index in [4.69, 9.17) is 0 Å². The number of likely N-dealkylation sites (tertiary alicyclic amines) is 1. The Morgan fingerprint density at radius 1 is 1.29 bits per heavy atom. The van der Waals surface area contributed by atoms with Crippen LogP contribution in [-0.4, -0.2) is 78.5 Å². The first kappa shape index (κ1) is 17.0. The van der Waals surface area contributed by atoms with E-state index in [1.807, 2.05) is 18.0 Å². The first-order chi connectivity index (χ1) is 11.7. The summed E-state index contributed by atoms with van der Waals surface area (Å²) in [7, 11) is 1.84. The number of carbonyl (C=O) groups is 1. The van der Waals surface area contributed by atoms with E-state index in [1.54, 1.807) is 11.2 Å². The summed E-state index contributed by atoms with van der Waals surface area (Å²) in [6, 6.07) is 1.96. The summed E-state index contributed by atoms with van der Waals surface area (Å²) in [5, 5.41) is 3.45. The van der Waals surface area contributed by atoms with Gasteiger partial charge in [0.15, 0.2) is 0 Å². The Bertz CT molecular complexity index is 566. The zero-order valence-corrected chi connectivity index (χ0v) is 14.7. The van der Waals surface area contributed by atoms with Gasteiger partial charge in [0.2, 0.25) is 5.91 Å². The zero-order chi connectivity index (χ0) is 16.9. The van der Waals surface area contributed by atoms with E-state index in [-0.39, 0.29) is 5.91 Å². The van der Waals surface area contributed by atoms with Crippen molar-refractivity contribution in [2.45, 2.75) is 19.8 Å². The van der Waals surface area contributed by atoms with Crippen molar-refractivity contribution in [3.8, 4) is 0 Å². The van der Waals surface area contributed by atoms with Crippen LogP contribution in [0, 0.1) is 5.92 Å². The van der Waals surface area contributed by atoms with Crippen LogP contribution in [0.25, 0.3) is 0 Å². The molecule has 7 nitrogen and oxygen atoms in total. The van der Waals surface area contributed by atoms with Crippen molar-refractivity contribution in [1.29, 1.82) is 0 Å². The molecule has 132 valence electrons. The molecule has 7 heteroatoms. The van der Waals surface area contributed by atoms with Crippen LogP contribution < -0.4 is 10.2 Å². The fraction of sp³-hybridized carbons (Fsp3) is 0.706. The topological polar surface area (TPSA) is 64.6 Å². The maximum Gasteiger partial charge on any atom is 0.241 e. The predicted molar refractivity (Wildman–Crippen MR) is 95.2 cm³/mol. The van der Waals surface area contributed by atoms with Crippen molar-refractivity contribution in [3.63, 3.8) is 0 Å². The first-order valence-electron chi connectivity index (χ1n) is 8.93. The van der Waals surface area contributed by atoms with Crippen molar-refractivity contribution in [2.24, 2.45) is 5.92 Å². The number of carbonyl (C=O) groups excluding carboxylic acids is 1. The van der Waals surface area contributed by atoms with Crippen molar-refractivity contribution in [3.05, 3.63) is 12.4 Å². The Morgan fingerprint density at radius 2 is 2.17 bits per heavy atom. The Labute approximate surface area is 144 Å². The van der Waals surface area contributed by atoms with Gasteiger partial charge in [-0.25, -0.2) is 9.97 Å². The van der Waals surface area contributed by atoms with Crippen molar-refractivity contribution >= 4 is 17.5 Å². The van der Waals surface area contributed by atoms with Gasteiger partial charge in [0.25, 0.3) is 0 Å². The lowest BCUT2D eigenvalue weighted by atomic mass is 10.1. The molecule has 1 unspecified atom stereocenters. The molecule has 3 heterocycles. The lowest BCUT2D eigenvalue weighted by molar-refractivity contribution is -0.129. The fourth-order valence-electron chi connectivity index (χ4n) is 3.42. The molecule has 0 aromatic carbocycles. The zero-order valence-electron chi connectivity index (χ0n) is 14.7. The molecule has 0 radical (unpaired) electrons. The lowest BCUT2D eigenvalue weighted by Crippen LogP contribution is -2.48. The predicted octanol–water partition coefficient (Wildman–Crippen LogP) is 0.899. The van der Waals surface area contributed by atoms with Crippen LogP contribution in [0.1, 0.15) is 19.8 Å². The summed E-state index contributed by atoms with van der Waals surface area (Å²) in [5.41, 5.74) is 0. The average Bonchev–Trinajstić information content (AvgIpc) is 3.04. The highest BCUT2D eigenvalue weighted by molar-refractivity contribution is 5.82. The number of anilines is 2. The molecule has 2 saturated heterocycles. The molecule has 1 amide bonds. The van der Waals surface area contributed by atoms with Gasteiger partial charge in [-0.1, -0.05) is 6.92 Å². The van der Waals surface area contributed by atoms with Gasteiger partial charge < -0.3 is 20.0 Å². The molecular weight excluding hydrogens is 304 g/mol. The number of hydrogen-bond acceptors (Lipinski definition) is 6. The van der Waals surface area contributed by atoms with E-state index in [0.717, 1.165) is 31.3 Å². The van der Waals surface area contributed by atoms with E-state index < -0.39 is 0 Å². The van der Waals surface area contributed by atoms with Gasteiger partial charge >= 0.3 is 0 Å². The molecule has 1 aromatic heterocycles. The Hall–Kier alpha value is -1.89. The highest BCUT2D eigenvalue weighted by atomic mass is 16.2. The highest BCUT2D eigenvalue weighted by Gasteiger charge is 2.23. The second-order valence-corrected chi connectivity index (χ2v) is 6.83. The molecule has 3 rings (SSSR count). The van der Waals surface area contributed by atoms with Crippen molar-refractivity contribution in [1.82, 2.24) is 19.8 Å². The average molecular weight is 332 g/mol. The molecule has 1 atom stereocenters. The molecule has 2 fully saturated rings. The van der Waals surface area contributed by atoms with Crippen LogP contribution in [0.5, 0.6) is 0 Å². The molecular formula is C17H28N6O. The summed E-state index contributed by atoms with van der Waals surface area (Å²) in [5.74, 6) is 2.49. The van der Waals surface area contributed by atoms with Crippen LogP contribution in [0.2, 0.25) is 0 Å². The standard InChI is InChI=1S/C17H28N6O/c1-3-5-22-6-4-14(11-22)10-18-15-9-16(20-13-19-15)23-8-7-21(2)17(24)12-23/h9,13-14H,3-8,10-12H2,1-2H3,(H,18,19,20). The molecule has 0 saturated carbocycles. The van der Waals surface area contributed by atoms with E-state index in [1.165, 1.54) is 32.5 Å². The highest BCUT2D eigenvalue weighted by Crippen LogP contribution is 2.19. The first-order valence-corrected chi connectivity index (χ1v) is 8.93. The Morgan fingerprint density at radius 3 is 2.96 bits per heavy atom. The number of hydrogen-bond donors (Lipinski definition) is 1. The van der Waals surface area contributed by atoms with Crippen LogP contribution in [-0.2, 0) is 4.79 Å². The summed E-state index contributed by atoms with van der Waals surface area (Å²) < 4.78 is 0. The SMILES string of the molecule is CCCN1CCC(CNc2cc(N3CCN(C)C(=O)C3)ncn2)C1. The van der Waals surface area contributed by atoms with Gasteiger partial charge in [-0.05, 0) is 31.8 Å². The molecule has 1 N–H and O–H groups in total. The maximum absolute atomic E-state index is 11.9. The van der Waals surface area contributed by atoms with E-state index in [9.17, 15) is 4.79 Å². The van der Waals surface area contributed by atoms with Crippen LogP contribution in [0.3, 0.4) is 0 Å². The number of nitrogens with one attached hydrogen (secondary N) is 1. The molecule has 1 aromatic rings. The minimum Gasteiger partial charge on any atom is -0.370 e. The number of rotatable bonds is 6. The monoisotopic (exact) mass is 332 g/mol. The molecule has 0 aliphatic carbocycles. The van der Waals surface area contributed by atoms with Gasteiger partial charge in [-0.3, -0.25) is 4.79 Å². The third-order valence-corrected chi connectivity index (χ3v) is 4.92. The second kappa shape index (κ2) is 7.79. The van der Waals surface area contributed by atoms with E-state index in [2.05, 4.69) is 27.1 Å². The quantitative estimate of drug-likeness (QED) is 0.835. The number of aromatic nitrogens is 2. The Kier molecular flexibility index (Phi) is 5.50. The van der Waals surface area contributed by atoms with Gasteiger partial charge in [-0.2, -0.15) is 0 Å². The largest absolute Gasteiger partial charge is 0.370 e.